The summed E-state index contributed by atoms with van der Waals surface area (Å²) in [7, 11) is 1.51. The minimum atomic E-state index is -0.453. The molecule has 2 N–H and O–H groups in total. The van der Waals surface area contributed by atoms with Crippen molar-refractivity contribution in [3.05, 3.63) is 24.0 Å². The second-order valence-corrected chi connectivity index (χ2v) is 4.83. The van der Waals surface area contributed by atoms with E-state index in [1.165, 1.54) is 25.3 Å². The molecule has 2 rings (SSSR count). The quantitative estimate of drug-likeness (QED) is 0.881. The molecule has 1 aliphatic heterocycles. The standard InChI is InChI=1S/C14H19FN2O2/c1-9-11(4-3-7-16-9)14(18)17-13-8-10(19-2)5-6-12(13)15/h5-6,8-9,11,16H,3-4,7H2,1-2H3,(H,17,18). The highest BCUT2D eigenvalue weighted by Gasteiger charge is 2.27. The normalized spacial score (nSPS) is 22.9. The number of hydrogen-bond donors (Lipinski definition) is 2. The van der Waals surface area contributed by atoms with Gasteiger partial charge < -0.3 is 15.4 Å². The van der Waals surface area contributed by atoms with Gasteiger partial charge in [0.2, 0.25) is 5.91 Å². The molecule has 1 heterocycles. The van der Waals surface area contributed by atoms with Gasteiger partial charge in [-0.3, -0.25) is 4.79 Å². The Morgan fingerprint density at radius 1 is 1.53 bits per heavy atom. The largest absolute Gasteiger partial charge is 0.497 e. The third kappa shape index (κ3) is 3.23. The van der Waals surface area contributed by atoms with Gasteiger partial charge in [-0.1, -0.05) is 0 Å². The zero-order chi connectivity index (χ0) is 13.8. The molecule has 1 saturated heterocycles. The number of carbonyl (C=O) groups is 1. The summed E-state index contributed by atoms with van der Waals surface area (Å²) >= 11 is 0. The Bertz CT molecular complexity index is 465. The molecule has 1 amide bonds. The fourth-order valence-corrected chi connectivity index (χ4v) is 2.35. The minimum Gasteiger partial charge on any atom is -0.497 e. The third-order valence-electron chi connectivity index (χ3n) is 3.53. The van der Waals surface area contributed by atoms with E-state index in [-0.39, 0.29) is 23.6 Å². The number of piperidine rings is 1. The van der Waals surface area contributed by atoms with Crippen molar-refractivity contribution in [2.24, 2.45) is 5.92 Å². The number of halogens is 1. The highest BCUT2D eigenvalue weighted by Crippen LogP contribution is 2.23. The fourth-order valence-electron chi connectivity index (χ4n) is 2.35. The van der Waals surface area contributed by atoms with Gasteiger partial charge in [-0.05, 0) is 38.4 Å². The molecular weight excluding hydrogens is 247 g/mol. The Kier molecular flexibility index (Phi) is 4.37. The molecule has 0 bridgehead atoms. The van der Waals surface area contributed by atoms with E-state index in [0.717, 1.165) is 19.4 Å². The van der Waals surface area contributed by atoms with Gasteiger partial charge in [0.25, 0.3) is 0 Å². The molecule has 2 atom stereocenters. The van der Waals surface area contributed by atoms with Crippen LogP contribution in [0.15, 0.2) is 18.2 Å². The van der Waals surface area contributed by atoms with Gasteiger partial charge in [0.15, 0.2) is 0 Å². The summed E-state index contributed by atoms with van der Waals surface area (Å²) in [5.41, 5.74) is 0.169. The van der Waals surface area contributed by atoms with Gasteiger partial charge >= 0.3 is 0 Å². The van der Waals surface area contributed by atoms with Gasteiger partial charge in [-0.15, -0.1) is 0 Å². The van der Waals surface area contributed by atoms with Crippen molar-refractivity contribution in [2.75, 3.05) is 19.0 Å². The smallest absolute Gasteiger partial charge is 0.229 e. The molecule has 0 aromatic heterocycles. The first-order chi connectivity index (χ1) is 9.11. The molecule has 4 nitrogen and oxygen atoms in total. The maximum Gasteiger partial charge on any atom is 0.229 e. The van der Waals surface area contributed by atoms with Crippen molar-refractivity contribution >= 4 is 11.6 Å². The number of benzene rings is 1. The molecule has 1 fully saturated rings. The predicted octanol–water partition coefficient (Wildman–Crippen LogP) is 2.16. The Balaban J connectivity index is 2.09. The van der Waals surface area contributed by atoms with Crippen molar-refractivity contribution in [1.29, 1.82) is 0 Å². The van der Waals surface area contributed by atoms with Crippen molar-refractivity contribution in [3.63, 3.8) is 0 Å². The molecule has 104 valence electrons. The van der Waals surface area contributed by atoms with E-state index in [0.29, 0.717) is 5.75 Å². The molecule has 1 aromatic rings. The monoisotopic (exact) mass is 266 g/mol. The van der Waals surface area contributed by atoms with E-state index in [2.05, 4.69) is 10.6 Å². The Hall–Kier alpha value is -1.62. The average molecular weight is 266 g/mol. The van der Waals surface area contributed by atoms with E-state index >= 15 is 0 Å². The van der Waals surface area contributed by atoms with Crippen LogP contribution in [0.5, 0.6) is 5.75 Å². The minimum absolute atomic E-state index is 0.113. The van der Waals surface area contributed by atoms with Crippen molar-refractivity contribution in [2.45, 2.75) is 25.8 Å². The van der Waals surface area contributed by atoms with Crippen LogP contribution in [0.1, 0.15) is 19.8 Å². The Morgan fingerprint density at radius 3 is 3.00 bits per heavy atom. The summed E-state index contributed by atoms with van der Waals surface area (Å²) in [5, 5.41) is 5.91. The lowest BCUT2D eigenvalue weighted by Crippen LogP contribution is -2.44. The molecule has 19 heavy (non-hydrogen) atoms. The zero-order valence-corrected chi connectivity index (χ0v) is 11.2. The van der Waals surface area contributed by atoms with E-state index in [9.17, 15) is 9.18 Å². The summed E-state index contributed by atoms with van der Waals surface area (Å²) in [4.78, 5) is 12.2. The average Bonchev–Trinajstić information content (AvgIpc) is 2.41. The SMILES string of the molecule is COc1ccc(F)c(NC(=O)C2CCCNC2C)c1. The predicted molar refractivity (Wildman–Crippen MR) is 71.8 cm³/mol. The summed E-state index contributed by atoms with van der Waals surface area (Å²) < 4.78 is 18.7. The first kappa shape index (κ1) is 13.8. The van der Waals surface area contributed by atoms with E-state index in [1.54, 1.807) is 0 Å². The Morgan fingerprint density at radius 2 is 2.32 bits per heavy atom. The lowest BCUT2D eigenvalue weighted by Gasteiger charge is -2.28. The molecule has 0 saturated carbocycles. The van der Waals surface area contributed by atoms with E-state index in [1.807, 2.05) is 6.92 Å². The van der Waals surface area contributed by atoms with Crippen LogP contribution in [0, 0.1) is 11.7 Å². The van der Waals surface area contributed by atoms with Crippen LogP contribution in [0.2, 0.25) is 0 Å². The summed E-state index contributed by atoms with van der Waals surface area (Å²) in [6.45, 7) is 2.91. The second-order valence-electron chi connectivity index (χ2n) is 4.83. The molecular formula is C14H19FN2O2. The van der Waals surface area contributed by atoms with Crippen molar-refractivity contribution in [1.82, 2.24) is 5.32 Å². The van der Waals surface area contributed by atoms with Gasteiger partial charge in [0, 0.05) is 12.1 Å². The number of hydrogen-bond acceptors (Lipinski definition) is 3. The first-order valence-electron chi connectivity index (χ1n) is 6.49. The van der Waals surface area contributed by atoms with Crippen LogP contribution in [-0.2, 0) is 4.79 Å². The molecule has 5 heteroatoms. The maximum atomic E-state index is 13.6. The molecule has 0 aliphatic carbocycles. The molecule has 1 aliphatic rings. The summed E-state index contributed by atoms with van der Waals surface area (Å²) in [6, 6.07) is 4.42. The van der Waals surface area contributed by atoms with Crippen LogP contribution < -0.4 is 15.4 Å². The van der Waals surface area contributed by atoms with Gasteiger partial charge in [-0.2, -0.15) is 0 Å². The summed E-state index contributed by atoms with van der Waals surface area (Å²) in [5.74, 6) is -0.205. The summed E-state index contributed by atoms with van der Waals surface area (Å²) in [6.07, 6.45) is 1.79. The highest BCUT2D eigenvalue weighted by atomic mass is 19.1. The van der Waals surface area contributed by atoms with E-state index < -0.39 is 5.82 Å². The van der Waals surface area contributed by atoms with Crippen molar-refractivity contribution in [3.8, 4) is 5.75 Å². The van der Waals surface area contributed by atoms with Gasteiger partial charge in [-0.25, -0.2) is 4.39 Å². The number of amides is 1. The molecule has 0 spiro atoms. The van der Waals surface area contributed by atoms with Crippen LogP contribution in [0.25, 0.3) is 0 Å². The van der Waals surface area contributed by atoms with Crippen molar-refractivity contribution < 1.29 is 13.9 Å². The lowest BCUT2D eigenvalue weighted by atomic mass is 9.91. The van der Waals surface area contributed by atoms with Crippen LogP contribution in [0.3, 0.4) is 0 Å². The topological polar surface area (TPSA) is 50.4 Å². The number of anilines is 1. The number of ether oxygens (including phenoxy) is 1. The molecule has 2 unspecified atom stereocenters. The molecule has 1 aromatic carbocycles. The highest BCUT2D eigenvalue weighted by molar-refractivity contribution is 5.93. The number of carbonyl (C=O) groups excluding carboxylic acids is 1. The molecule has 0 radical (unpaired) electrons. The van der Waals surface area contributed by atoms with Gasteiger partial charge in [0.05, 0.1) is 18.7 Å². The fraction of sp³-hybridized carbons (Fsp3) is 0.500. The van der Waals surface area contributed by atoms with Crippen LogP contribution in [0.4, 0.5) is 10.1 Å². The number of methoxy groups -OCH3 is 1. The van der Waals surface area contributed by atoms with Crippen LogP contribution in [-0.4, -0.2) is 25.6 Å². The maximum absolute atomic E-state index is 13.6. The number of nitrogens with one attached hydrogen (secondary N) is 2. The second kappa shape index (κ2) is 6.02. The Labute approximate surface area is 112 Å². The third-order valence-corrected chi connectivity index (χ3v) is 3.53. The lowest BCUT2D eigenvalue weighted by molar-refractivity contribution is -0.121. The van der Waals surface area contributed by atoms with Gasteiger partial charge in [0.1, 0.15) is 11.6 Å². The number of rotatable bonds is 3. The zero-order valence-electron chi connectivity index (χ0n) is 11.2. The van der Waals surface area contributed by atoms with E-state index in [4.69, 9.17) is 4.74 Å². The first-order valence-corrected chi connectivity index (χ1v) is 6.49. The van der Waals surface area contributed by atoms with Crippen LogP contribution >= 0.6 is 0 Å².